The predicted octanol–water partition coefficient (Wildman–Crippen LogP) is 26.4. The van der Waals surface area contributed by atoms with Gasteiger partial charge < -0.3 is 33.8 Å². The van der Waals surface area contributed by atoms with E-state index in [0.717, 1.165) is 95.8 Å². The maximum Gasteiger partial charge on any atom is 0.472 e. The van der Waals surface area contributed by atoms with Crippen LogP contribution in [0.4, 0.5) is 0 Å². The Balaban J connectivity index is 5.22. The van der Waals surface area contributed by atoms with Gasteiger partial charge in [-0.05, 0) is 31.6 Å². The average molecular weight is 1540 g/mol. The van der Waals surface area contributed by atoms with E-state index in [-0.39, 0.29) is 25.7 Å². The number of phosphoric ester groups is 2. The van der Waals surface area contributed by atoms with Gasteiger partial charge in [0.15, 0.2) is 12.2 Å². The first kappa shape index (κ1) is 103. The topological polar surface area (TPSA) is 237 Å². The van der Waals surface area contributed by atoms with Crippen LogP contribution in [0.2, 0.25) is 0 Å². The number of esters is 4. The lowest BCUT2D eigenvalue weighted by molar-refractivity contribution is -0.161. The van der Waals surface area contributed by atoms with Crippen molar-refractivity contribution in [3.63, 3.8) is 0 Å². The van der Waals surface area contributed by atoms with Crippen molar-refractivity contribution < 1.29 is 80.2 Å². The van der Waals surface area contributed by atoms with E-state index in [1.807, 2.05) is 0 Å². The molecule has 17 nitrogen and oxygen atoms in total. The van der Waals surface area contributed by atoms with E-state index in [2.05, 4.69) is 34.6 Å². The van der Waals surface area contributed by atoms with Crippen LogP contribution in [0.25, 0.3) is 0 Å². The zero-order valence-corrected chi connectivity index (χ0v) is 70.7. The van der Waals surface area contributed by atoms with Gasteiger partial charge in [-0.25, -0.2) is 9.13 Å². The van der Waals surface area contributed by atoms with Crippen molar-refractivity contribution in [3.05, 3.63) is 0 Å². The summed E-state index contributed by atoms with van der Waals surface area (Å²) in [5.74, 6) is -1.28. The van der Waals surface area contributed by atoms with Gasteiger partial charge in [-0.1, -0.05) is 413 Å². The number of hydrogen-bond donors (Lipinski definition) is 3. The summed E-state index contributed by atoms with van der Waals surface area (Å²) < 4.78 is 68.9. The molecule has 0 heterocycles. The number of aliphatic hydroxyl groups excluding tert-OH is 1. The van der Waals surface area contributed by atoms with Gasteiger partial charge in [0, 0.05) is 25.7 Å². The minimum Gasteiger partial charge on any atom is -0.462 e. The Hall–Kier alpha value is -1.94. The second-order valence-corrected chi connectivity index (χ2v) is 34.3. The van der Waals surface area contributed by atoms with E-state index >= 15 is 0 Å². The predicted molar refractivity (Wildman–Crippen MR) is 432 cm³/mol. The van der Waals surface area contributed by atoms with Crippen molar-refractivity contribution in [3.8, 4) is 0 Å². The molecule has 0 rings (SSSR count). The number of carbonyl (C=O) groups is 4. The first-order chi connectivity index (χ1) is 51.0. The number of ether oxygens (including phenoxy) is 4. The van der Waals surface area contributed by atoms with E-state index in [9.17, 15) is 43.2 Å². The summed E-state index contributed by atoms with van der Waals surface area (Å²) in [5.41, 5.74) is 0. The summed E-state index contributed by atoms with van der Waals surface area (Å²) in [5, 5.41) is 10.7. The monoisotopic (exact) mass is 1540 g/mol. The Bertz CT molecular complexity index is 2000. The Labute approximate surface area is 645 Å². The normalized spacial score (nSPS) is 13.8. The summed E-state index contributed by atoms with van der Waals surface area (Å²) in [6.45, 7) is 7.40. The fraction of sp³-hybridized carbons (Fsp3) is 0.953. The molecule has 0 aromatic rings. The highest BCUT2D eigenvalue weighted by molar-refractivity contribution is 7.47. The third-order valence-corrected chi connectivity index (χ3v) is 22.2. The maximum atomic E-state index is 13.1. The first-order valence-corrected chi connectivity index (χ1v) is 47.6. The third kappa shape index (κ3) is 79.9. The van der Waals surface area contributed by atoms with Crippen LogP contribution in [-0.4, -0.2) is 96.7 Å². The minimum atomic E-state index is -4.97. The summed E-state index contributed by atoms with van der Waals surface area (Å²) in [6.07, 6.45) is 72.2. The zero-order chi connectivity index (χ0) is 76.9. The summed E-state index contributed by atoms with van der Waals surface area (Å²) in [6, 6.07) is 0. The van der Waals surface area contributed by atoms with Crippen LogP contribution in [0.15, 0.2) is 0 Å². The number of unbranched alkanes of at least 4 members (excludes halogenated alkanes) is 58. The SMILES string of the molecule is CCCCCCCCCCCCCCCCCCCCCCC(=O)OC[C@H](COP(=O)(O)OC[C@@H](O)COP(=O)(O)OC[C@@H](COC(=O)CCCCCCCCCCCCC)OC(=O)CCCCCCCCCCCCCCC)OC(=O)CCCCCCCCCCCCCCCCCCCCC(C)C. The molecule has 0 fully saturated rings. The van der Waals surface area contributed by atoms with Gasteiger partial charge >= 0.3 is 39.5 Å². The van der Waals surface area contributed by atoms with E-state index < -0.39 is 97.5 Å². The van der Waals surface area contributed by atoms with E-state index in [1.54, 1.807) is 0 Å². The Kier molecular flexibility index (Phi) is 77.3. The van der Waals surface area contributed by atoms with Gasteiger partial charge in [0.2, 0.25) is 0 Å². The lowest BCUT2D eigenvalue weighted by Crippen LogP contribution is -2.30. The Morgan fingerprint density at radius 3 is 0.648 bits per heavy atom. The molecule has 0 radical (unpaired) electrons. The molecule has 0 aliphatic carbocycles. The number of aliphatic hydroxyl groups is 1. The quantitative estimate of drug-likeness (QED) is 0.0222. The molecule has 0 aliphatic rings. The minimum absolute atomic E-state index is 0.108. The standard InChI is InChI=1S/C86H168O17P2/c1-6-9-12-15-18-21-24-26-27-28-29-30-34-37-41-45-50-55-60-65-70-84(89)97-76-82(103-86(91)72-67-62-57-52-47-42-38-35-32-31-33-36-40-44-48-53-58-63-68-79(4)5)78-101-105(94,95)99-74-80(87)73-98-104(92,93)100-77-81(75-96-83(88)69-64-59-54-49-43-23-20-17-14-11-8-3)102-85(90)71-66-61-56-51-46-39-25-22-19-16-13-10-7-2/h79-82,87H,6-78H2,1-5H3,(H,92,93)(H,94,95)/t80-,81+,82+/m0/s1. The van der Waals surface area contributed by atoms with Gasteiger partial charge in [0.05, 0.1) is 26.4 Å². The molecular formula is C86H168O17P2. The van der Waals surface area contributed by atoms with Crippen LogP contribution in [-0.2, 0) is 65.4 Å². The van der Waals surface area contributed by atoms with E-state index in [0.29, 0.717) is 25.7 Å². The second kappa shape index (κ2) is 78.7. The van der Waals surface area contributed by atoms with Crippen molar-refractivity contribution in [2.45, 2.75) is 483 Å². The third-order valence-electron chi connectivity index (χ3n) is 20.3. The highest BCUT2D eigenvalue weighted by atomic mass is 31.2. The van der Waals surface area contributed by atoms with Gasteiger partial charge in [0.1, 0.15) is 19.3 Å². The number of rotatable bonds is 86. The van der Waals surface area contributed by atoms with Crippen LogP contribution in [0, 0.1) is 5.92 Å². The maximum absolute atomic E-state index is 13.1. The Morgan fingerprint density at radius 1 is 0.257 bits per heavy atom. The number of hydrogen-bond acceptors (Lipinski definition) is 15. The van der Waals surface area contributed by atoms with Crippen molar-refractivity contribution in [2.24, 2.45) is 5.92 Å². The molecule has 0 aromatic carbocycles. The van der Waals surface area contributed by atoms with Crippen molar-refractivity contribution in [1.29, 1.82) is 0 Å². The molecule has 624 valence electrons. The molecule has 5 atom stereocenters. The largest absolute Gasteiger partial charge is 0.472 e. The van der Waals surface area contributed by atoms with Crippen molar-refractivity contribution >= 4 is 39.5 Å². The molecule has 19 heteroatoms. The van der Waals surface area contributed by atoms with Crippen LogP contribution in [0.5, 0.6) is 0 Å². The van der Waals surface area contributed by atoms with Gasteiger partial charge in [0.25, 0.3) is 0 Å². The average Bonchev–Trinajstić information content (AvgIpc) is 0.908. The van der Waals surface area contributed by atoms with Crippen LogP contribution in [0.3, 0.4) is 0 Å². The fourth-order valence-electron chi connectivity index (χ4n) is 13.5. The van der Waals surface area contributed by atoms with E-state index in [4.69, 9.17) is 37.0 Å². The van der Waals surface area contributed by atoms with Crippen molar-refractivity contribution in [2.75, 3.05) is 39.6 Å². The van der Waals surface area contributed by atoms with Gasteiger partial charge in [-0.3, -0.25) is 37.3 Å². The zero-order valence-electron chi connectivity index (χ0n) is 68.9. The summed E-state index contributed by atoms with van der Waals surface area (Å²) in [7, 11) is -9.92. The molecule has 0 aliphatic heterocycles. The summed E-state index contributed by atoms with van der Waals surface area (Å²) in [4.78, 5) is 73.2. The summed E-state index contributed by atoms with van der Waals surface area (Å²) >= 11 is 0. The highest BCUT2D eigenvalue weighted by Gasteiger charge is 2.30. The van der Waals surface area contributed by atoms with E-state index in [1.165, 1.54) is 289 Å². The smallest absolute Gasteiger partial charge is 0.462 e. The molecule has 0 bridgehead atoms. The second-order valence-electron chi connectivity index (χ2n) is 31.4. The number of carbonyl (C=O) groups excluding carboxylic acids is 4. The lowest BCUT2D eigenvalue weighted by atomic mass is 10.0. The van der Waals surface area contributed by atoms with Gasteiger partial charge in [-0.15, -0.1) is 0 Å². The van der Waals surface area contributed by atoms with Crippen LogP contribution in [0.1, 0.15) is 465 Å². The highest BCUT2D eigenvalue weighted by Crippen LogP contribution is 2.45. The molecule has 0 saturated carbocycles. The molecule has 0 saturated heterocycles. The molecule has 0 aromatic heterocycles. The van der Waals surface area contributed by atoms with Crippen LogP contribution >= 0.6 is 15.6 Å². The number of phosphoric acid groups is 2. The molecule has 2 unspecified atom stereocenters. The van der Waals surface area contributed by atoms with Crippen LogP contribution < -0.4 is 0 Å². The molecule has 0 amide bonds. The lowest BCUT2D eigenvalue weighted by Gasteiger charge is -2.21. The molecule has 0 spiro atoms. The first-order valence-electron chi connectivity index (χ1n) is 44.6. The van der Waals surface area contributed by atoms with Gasteiger partial charge in [-0.2, -0.15) is 0 Å². The molecule has 3 N–H and O–H groups in total. The Morgan fingerprint density at radius 2 is 0.438 bits per heavy atom. The fourth-order valence-corrected chi connectivity index (χ4v) is 15.1. The van der Waals surface area contributed by atoms with Crippen molar-refractivity contribution in [1.82, 2.24) is 0 Å². The molecule has 105 heavy (non-hydrogen) atoms. The molecular weight excluding hydrogens is 1370 g/mol.